The number of aliphatic carboxylic acids is 1. The minimum Gasteiger partial charge on any atom is -0.489 e. The van der Waals surface area contributed by atoms with E-state index in [2.05, 4.69) is 6.07 Å². The molecular weight excluding hydrogens is 266 g/mol. The molecule has 0 saturated carbocycles. The summed E-state index contributed by atoms with van der Waals surface area (Å²) in [6.07, 6.45) is 0.289. The third-order valence-electron chi connectivity index (χ3n) is 3.16. The number of carboxylic acid groups (broad SMARTS) is 1. The predicted molar refractivity (Wildman–Crippen MR) is 81.3 cm³/mol. The van der Waals surface area contributed by atoms with Crippen LogP contribution in [0.2, 0.25) is 0 Å². The summed E-state index contributed by atoms with van der Waals surface area (Å²) in [6, 6.07) is 14.6. The van der Waals surface area contributed by atoms with Gasteiger partial charge in [0.1, 0.15) is 18.4 Å². The smallest absolute Gasteiger partial charge is 0.320 e. The molecule has 0 aromatic heterocycles. The zero-order valence-corrected chi connectivity index (χ0v) is 12.0. The Hall–Kier alpha value is -2.33. The molecule has 110 valence electrons. The fourth-order valence-corrected chi connectivity index (χ4v) is 2.07. The number of carbonyl (C=O) groups is 1. The summed E-state index contributed by atoms with van der Waals surface area (Å²) in [5, 5.41) is 8.83. The Bertz CT molecular complexity index is 625. The average molecular weight is 285 g/mol. The topological polar surface area (TPSA) is 72.5 Å². The number of ether oxygens (including phenoxy) is 1. The monoisotopic (exact) mass is 285 g/mol. The number of carboxylic acids is 1. The van der Waals surface area contributed by atoms with Crippen molar-refractivity contribution in [1.29, 1.82) is 0 Å². The molecule has 0 heterocycles. The van der Waals surface area contributed by atoms with Gasteiger partial charge in [-0.25, -0.2) is 0 Å². The van der Waals surface area contributed by atoms with Gasteiger partial charge in [0.15, 0.2) is 0 Å². The third-order valence-corrected chi connectivity index (χ3v) is 3.16. The molecule has 0 radical (unpaired) electrons. The van der Waals surface area contributed by atoms with Crippen LogP contribution in [0.4, 0.5) is 0 Å². The van der Waals surface area contributed by atoms with Crippen molar-refractivity contribution in [2.45, 2.75) is 26.0 Å². The molecule has 2 rings (SSSR count). The highest BCUT2D eigenvalue weighted by atomic mass is 16.5. The second kappa shape index (κ2) is 6.90. The van der Waals surface area contributed by atoms with E-state index in [0.717, 1.165) is 11.1 Å². The standard InChI is InChI=1S/C17H19NO3/c1-12-4-2-6-14(8-12)11-21-15-7-3-5-13(9-15)10-16(18)17(19)20/h2-9,16H,10-11,18H2,1H3,(H,19,20)/t16-/m0/s1. The van der Waals surface area contributed by atoms with Gasteiger partial charge in [-0.2, -0.15) is 0 Å². The number of hydrogen-bond acceptors (Lipinski definition) is 3. The van der Waals surface area contributed by atoms with Gasteiger partial charge in [-0.05, 0) is 36.6 Å². The highest BCUT2D eigenvalue weighted by molar-refractivity contribution is 5.73. The molecule has 0 aliphatic carbocycles. The normalized spacial score (nSPS) is 11.9. The maximum Gasteiger partial charge on any atom is 0.320 e. The number of nitrogens with two attached hydrogens (primary N) is 1. The Morgan fingerprint density at radius 3 is 2.62 bits per heavy atom. The number of benzene rings is 2. The first-order valence-electron chi connectivity index (χ1n) is 6.80. The molecule has 0 fully saturated rings. The number of hydrogen-bond donors (Lipinski definition) is 2. The van der Waals surface area contributed by atoms with Crippen molar-refractivity contribution in [3.63, 3.8) is 0 Å². The van der Waals surface area contributed by atoms with Gasteiger partial charge in [0.2, 0.25) is 0 Å². The van der Waals surface area contributed by atoms with Gasteiger partial charge in [-0.3, -0.25) is 4.79 Å². The first-order chi connectivity index (χ1) is 10.0. The quantitative estimate of drug-likeness (QED) is 0.855. The Balaban J connectivity index is 1.99. The summed E-state index contributed by atoms with van der Waals surface area (Å²) >= 11 is 0. The molecular formula is C17H19NO3. The van der Waals surface area contributed by atoms with Crippen molar-refractivity contribution >= 4 is 5.97 Å². The molecule has 0 aliphatic rings. The van der Waals surface area contributed by atoms with Crippen LogP contribution in [0.25, 0.3) is 0 Å². The van der Waals surface area contributed by atoms with Crippen LogP contribution in [-0.2, 0) is 17.8 Å². The fraction of sp³-hybridized carbons (Fsp3) is 0.235. The number of rotatable bonds is 6. The molecule has 2 aromatic carbocycles. The van der Waals surface area contributed by atoms with Crippen molar-refractivity contribution in [2.24, 2.45) is 5.73 Å². The molecule has 4 nitrogen and oxygen atoms in total. The Labute approximate surface area is 124 Å². The van der Waals surface area contributed by atoms with Gasteiger partial charge >= 0.3 is 5.97 Å². The van der Waals surface area contributed by atoms with Crippen molar-refractivity contribution in [3.8, 4) is 5.75 Å². The summed E-state index contributed by atoms with van der Waals surface area (Å²) < 4.78 is 5.74. The highest BCUT2D eigenvalue weighted by Gasteiger charge is 2.12. The second-order valence-electron chi connectivity index (χ2n) is 5.07. The van der Waals surface area contributed by atoms with Gasteiger partial charge in [0, 0.05) is 0 Å². The molecule has 0 unspecified atom stereocenters. The second-order valence-corrected chi connectivity index (χ2v) is 5.07. The lowest BCUT2D eigenvalue weighted by molar-refractivity contribution is -0.138. The van der Waals surface area contributed by atoms with Gasteiger partial charge in [0.25, 0.3) is 0 Å². The van der Waals surface area contributed by atoms with Gasteiger partial charge < -0.3 is 15.6 Å². The Morgan fingerprint density at radius 1 is 1.19 bits per heavy atom. The molecule has 1 atom stereocenters. The van der Waals surface area contributed by atoms with E-state index in [1.165, 1.54) is 5.56 Å². The molecule has 2 aromatic rings. The van der Waals surface area contributed by atoms with E-state index >= 15 is 0 Å². The number of aryl methyl sites for hydroxylation is 1. The van der Waals surface area contributed by atoms with Crippen LogP contribution in [0.5, 0.6) is 5.75 Å². The molecule has 0 amide bonds. The molecule has 0 saturated heterocycles. The molecule has 4 heteroatoms. The Morgan fingerprint density at radius 2 is 1.90 bits per heavy atom. The van der Waals surface area contributed by atoms with Crippen molar-refractivity contribution < 1.29 is 14.6 Å². The van der Waals surface area contributed by atoms with E-state index in [1.54, 1.807) is 0 Å². The first kappa shape index (κ1) is 15.1. The maximum absolute atomic E-state index is 10.8. The summed E-state index contributed by atoms with van der Waals surface area (Å²) in [5.41, 5.74) is 8.68. The summed E-state index contributed by atoms with van der Waals surface area (Å²) in [7, 11) is 0. The lowest BCUT2D eigenvalue weighted by atomic mass is 10.1. The largest absolute Gasteiger partial charge is 0.489 e. The van der Waals surface area contributed by atoms with E-state index in [1.807, 2.05) is 49.4 Å². The van der Waals surface area contributed by atoms with E-state index in [-0.39, 0.29) is 6.42 Å². The van der Waals surface area contributed by atoms with Crippen molar-refractivity contribution in [2.75, 3.05) is 0 Å². The van der Waals surface area contributed by atoms with Crippen LogP contribution in [0.1, 0.15) is 16.7 Å². The maximum atomic E-state index is 10.8. The third kappa shape index (κ3) is 4.61. The SMILES string of the molecule is Cc1cccc(COc2cccc(C[C@H](N)C(=O)O)c2)c1. The van der Waals surface area contributed by atoms with E-state index in [9.17, 15) is 4.79 Å². The minimum atomic E-state index is -0.999. The lowest BCUT2D eigenvalue weighted by Gasteiger charge is -2.10. The first-order valence-corrected chi connectivity index (χ1v) is 6.80. The summed E-state index contributed by atoms with van der Waals surface area (Å²) in [5.74, 6) is -0.285. The van der Waals surface area contributed by atoms with Crippen LogP contribution < -0.4 is 10.5 Å². The zero-order valence-electron chi connectivity index (χ0n) is 12.0. The Kier molecular flexibility index (Phi) is 4.95. The van der Waals surface area contributed by atoms with E-state index in [0.29, 0.717) is 12.4 Å². The van der Waals surface area contributed by atoms with Crippen LogP contribution in [-0.4, -0.2) is 17.1 Å². The lowest BCUT2D eigenvalue weighted by Crippen LogP contribution is -2.32. The molecule has 0 spiro atoms. The molecule has 0 bridgehead atoms. The molecule has 21 heavy (non-hydrogen) atoms. The highest BCUT2D eigenvalue weighted by Crippen LogP contribution is 2.16. The van der Waals surface area contributed by atoms with Gasteiger partial charge in [-0.15, -0.1) is 0 Å². The van der Waals surface area contributed by atoms with Crippen LogP contribution in [0.3, 0.4) is 0 Å². The minimum absolute atomic E-state index is 0.289. The van der Waals surface area contributed by atoms with Crippen molar-refractivity contribution in [3.05, 3.63) is 65.2 Å². The zero-order chi connectivity index (χ0) is 15.2. The summed E-state index contributed by atoms with van der Waals surface area (Å²) in [4.78, 5) is 10.8. The van der Waals surface area contributed by atoms with Crippen LogP contribution >= 0.6 is 0 Å². The fourth-order valence-electron chi connectivity index (χ4n) is 2.07. The molecule has 3 N–H and O–H groups in total. The average Bonchev–Trinajstić information content (AvgIpc) is 2.45. The van der Waals surface area contributed by atoms with Crippen LogP contribution in [0, 0.1) is 6.92 Å². The summed E-state index contributed by atoms with van der Waals surface area (Å²) in [6.45, 7) is 2.52. The van der Waals surface area contributed by atoms with E-state index in [4.69, 9.17) is 15.6 Å². The van der Waals surface area contributed by atoms with Gasteiger partial charge in [-0.1, -0.05) is 42.0 Å². The van der Waals surface area contributed by atoms with Gasteiger partial charge in [0.05, 0.1) is 0 Å². The molecule has 0 aliphatic heterocycles. The predicted octanol–water partition coefficient (Wildman–Crippen LogP) is 2.53. The van der Waals surface area contributed by atoms with E-state index < -0.39 is 12.0 Å². The van der Waals surface area contributed by atoms with Crippen molar-refractivity contribution in [1.82, 2.24) is 0 Å². The van der Waals surface area contributed by atoms with Crippen LogP contribution in [0.15, 0.2) is 48.5 Å².